The molecule has 0 aromatic carbocycles. The van der Waals surface area contributed by atoms with E-state index < -0.39 is 8.32 Å². The summed E-state index contributed by atoms with van der Waals surface area (Å²) in [6, 6.07) is 0. The van der Waals surface area contributed by atoms with E-state index in [4.69, 9.17) is 10.8 Å². The first-order valence-electron chi connectivity index (χ1n) is 7.53. The first-order valence-corrected chi connectivity index (χ1v) is 10.4. The van der Waals surface area contributed by atoms with Crippen LogP contribution < -0.4 is 0 Å². The van der Waals surface area contributed by atoms with Gasteiger partial charge in [-0.05, 0) is 31.0 Å². The van der Waals surface area contributed by atoms with Crippen LogP contribution in [0.4, 0.5) is 0 Å². The van der Waals surface area contributed by atoms with Crippen LogP contribution in [0.3, 0.4) is 0 Å². The summed E-state index contributed by atoms with van der Waals surface area (Å²) in [6.07, 6.45) is 15.8. The summed E-state index contributed by atoms with van der Waals surface area (Å²) in [5, 5.41) is 0.215. The van der Waals surface area contributed by atoms with E-state index in [9.17, 15) is 0 Å². The van der Waals surface area contributed by atoms with E-state index in [2.05, 4.69) is 58.9 Å². The van der Waals surface area contributed by atoms with Gasteiger partial charge in [0, 0.05) is 6.42 Å². The summed E-state index contributed by atoms with van der Waals surface area (Å²) < 4.78 is 6.23. The molecule has 2 heteroatoms. The van der Waals surface area contributed by atoms with Crippen molar-refractivity contribution >= 4 is 8.32 Å². The molecule has 0 aliphatic carbocycles. The molecule has 0 fully saturated rings. The maximum atomic E-state index is 6.23. The van der Waals surface area contributed by atoms with Gasteiger partial charge in [-0.2, -0.15) is 0 Å². The molecule has 0 radical (unpaired) electrons. The van der Waals surface area contributed by atoms with Gasteiger partial charge in [0.25, 0.3) is 0 Å². The number of terminal acetylenes is 1. The number of hydrogen-bond donors (Lipinski definition) is 0. The summed E-state index contributed by atoms with van der Waals surface area (Å²) in [5.41, 5.74) is 0. The Labute approximate surface area is 122 Å². The Bertz CT molecular complexity index is 304. The van der Waals surface area contributed by atoms with E-state index in [1.54, 1.807) is 0 Å². The SMILES string of the molecule is CCCCC/C=C\CC([13C]#[13CH])O[Si](C)(C)C(C)(C)C. The van der Waals surface area contributed by atoms with Crippen LogP contribution in [0.25, 0.3) is 0 Å². The van der Waals surface area contributed by atoms with Crippen molar-refractivity contribution in [2.24, 2.45) is 0 Å². The lowest BCUT2D eigenvalue weighted by molar-refractivity contribution is 0.236. The predicted octanol–water partition coefficient (Wildman–Crippen LogP) is 5.54. The minimum atomic E-state index is -1.75. The number of hydrogen-bond acceptors (Lipinski definition) is 1. The Morgan fingerprint density at radius 1 is 1.21 bits per heavy atom. The highest BCUT2D eigenvalue weighted by Gasteiger charge is 2.38. The molecule has 0 saturated heterocycles. The number of rotatable bonds is 8. The lowest BCUT2D eigenvalue weighted by Crippen LogP contribution is -2.43. The third-order valence-corrected chi connectivity index (χ3v) is 8.41. The Kier molecular flexibility index (Phi) is 8.37. The molecule has 0 rings (SSSR count). The van der Waals surface area contributed by atoms with Crippen molar-refractivity contribution in [2.45, 2.75) is 84.0 Å². The molecule has 0 aromatic rings. The highest BCUT2D eigenvalue weighted by Crippen LogP contribution is 2.37. The monoisotopic (exact) mass is 282 g/mol. The minimum Gasteiger partial charge on any atom is -0.403 e. The summed E-state index contributed by atoms with van der Waals surface area (Å²) in [6.45, 7) is 13.5. The van der Waals surface area contributed by atoms with E-state index in [-0.39, 0.29) is 11.1 Å². The van der Waals surface area contributed by atoms with Gasteiger partial charge >= 0.3 is 0 Å². The fourth-order valence-electron chi connectivity index (χ4n) is 1.53. The first kappa shape index (κ1) is 18.5. The van der Waals surface area contributed by atoms with Crippen molar-refractivity contribution in [3.05, 3.63) is 12.2 Å². The van der Waals surface area contributed by atoms with Crippen LogP contribution in [0.5, 0.6) is 0 Å². The lowest BCUT2D eigenvalue weighted by Gasteiger charge is -2.37. The molecule has 0 N–H and O–H groups in total. The summed E-state index contributed by atoms with van der Waals surface area (Å²) in [4.78, 5) is 0. The molecule has 0 heterocycles. The molecule has 0 bridgehead atoms. The zero-order chi connectivity index (χ0) is 14.9. The van der Waals surface area contributed by atoms with Crippen molar-refractivity contribution in [1.82, 2.24) is 0 Å². The van der Waals surface area contributed by atoms with Gasteiger partial charge in [-0.15, -0.1) is 6.42 Å². The second kappa shape index (κ2) is 8.61. The molecular weight excluding hydrogens is 250 g/mol. The van der Waals surface area contributed by atoms with Gasteiger partial charge in [-0.1, -0.05) is 58.6 Å². The fourth-order valence-corrected chi connectivity index (χ4v) is 2.76. The van der Waals surface area contributed by atoms with E-state index in [0.717, 1.165) is 12.8 Å². The molecule has 1 unspecified atom stereocenters. The van der Waals surface area contributed by atoms with E-state index >= 15 is 0 Å². The van der Waals surface area contributed by atoms with Crippen LogP contribution in [0.1, 0.15) is 59.8 Å². The molecule has 0 saturated carbocycles. The molecule has 0 aromatic heterocycles. The van der Waals surface area contributed by atoms with Gasteiger partial charge in [-0.25, -0.2) is 0 Å². The van der Waals surface area contributed by atoms with Crippen LogP contribution in [0, 0.1) is 12.3 Å². The van der Waals surface area contributed by atoms with Crippen molar-refractivity contribution < 1.29 is 4.43 Å². The zero-order valence-electron chi connectivity index (χ0n) is 13.8. The zero-order valence-corrected chi connectivity index (χ0v) is 14.8. The largest absolute Gasteiger partial charge is 0.403 e. The highest BCUT2D eigenvalue weighted by atomic mass is 28.4. The molecule has 0 amide bonds. The van der Waals surface area contributed by atoms with Gasteiger partial charge in [0.1, 0.15) is 6.10 Å². The van der Waals surface area contributed by atoms with Crippen LogP contribution in [0.15, 0.2) is 12.2 Å². The molecule has 0 aliphatic heterocycles. The van der Waals surface area contributed by atoms with Crippen molar-refractivity contribution in [3.8, 4) is 12.3 Å². The first-order chi connectivity index (χ1) is 8.74. The third-order valence-electron chi connectivity index (χ3n) is 3.92. The van der Waals surface area contributed by atoms with Gasteiger partial charge in [0.05, 0.1) is 0 Å². The molecule has 1 atom stereocenters. The molecule has 19 heavy (non-hydrogen) atoms. The van der Waals surface area contributed by atoms with Gasteiger partial charge in [0.15, 0.2) is 8.32 Å². The maximum absolute atomic E-state index is 6.23. The smallest absolute Gasteiger partial charge is 0.193 e. The highest BCUT2D eigenvalue weighted by molar-refractivity contribution is 6.74. The van der Waals surface area contributed by atoms with Crippen molar-refractivity contribution in [2.75, 3.05) is 0 Å². The van der Waals surface area contributed by atoms with Crippen LogP contribution in [-0.2, 0) is 4.43 Å². The van der Waals surface area contributed by atoms with Crippen molar-refractivity contribution in [3.63, 3.8) is 0 Å². The Morgan fingerprint density at radius 3 is 2.32 bits per heavy atom. The lowest BCUT2D eigenvalue weighted by atomic mass is 10.2. The summed E-state index contributed by atoms with van der Waals surface area (Å²) >= 11 is 0. The van der Waals surface area contributed by atoms with Gasteiger partial charge in [-0.3, -0.25) is 0 Å². The van der Waals surface area contributed by atoms with Crippen LogP contribution in [-0.4, -0.2) is 14.4 Å². The van der Waals surface area contributed by atoms with E-state index in [1.807, 2.05) is 0 Å². The second-order valence-electron chi connectivity index (χ2n) is 6.74. The molecule has 0 aliphatic rings. The minimum absolute atomic E-state index is 0.0664. The average molecular weight is 283 g/mol. The number of unbranched alkanes of at least 4 members (excludes halogenated alkanes) is 3. The molecule has 0 spiro atoms. The Balaban J connectivity index is 4.20. The standard InChI is InChI=1S/C17H32OSi/c1-8-10-11-12-13-14-15-16(9-2)18-19(6,7)17(3,4)5/h2,13-14,16H,8,10-12,15H2,1,3-7H3/b14-13-/i2+1,9+1. The Hall–Kier alpha value is -0.523. The molecular formula is C17H32OSi. The normalized spacial score (nSPS) is 14.6. The van der Waals surface area contributed by atoms with Gasteiger partial charge < -0.3 is 4.43 Å². The summed E-state index contributed by atoms with van der Waals surface area (Å²) in [5.74, 6) is 2.79. The van der Waals surface area contributed by atoms with Gasteiger partial charge in [0.2, 0.25) is 0 Å². The fraction of sp³-hybridized carbons (Fsp3) is 0.765. The topological polar surface area (TPSA) is 9.23 Å². The van der Waals surface area contributed by atoms with Crippen LogP contribution >= 0.6 is 0 Å². The number of allylic oxidation sites excluding steroid dienone is 1. The summed E-state index contributed by atoms with van der Waals surface area (Å²) in [7, 11) is -1.75. The van der Waals surface area contributed by atoms with E-state index in [0.29, 0.717) is 0 Å². The van der Waals surface area contributed by atoms with E-state index in [1.165, 1.54) is 19.3 Å². The predicted molar refractivity (Wildman–Crippen MR) is 88.8 cm³/mol. The maximum Gasteiger partial charge on any atom is 0.193 e. The quantitative estimate of drug-likeness (QED) is 0.187. The molecule has 1 nitrogen and oxygen atoms in total. The molecule has 110 valence electrons. The third kappa shape index (κ3) is 7.60. The Morgan fingerprint density at radius 2 is 1.84 bits per heavy atom. The van der Waals surface area contributed by atoms with Crippen molar-refractivity contribution in [1.29, 1.82) is 0 Å². The van der Waals surface area contributed by atoms with Crippen LogP contribution in [0.2, 0.25) is 18.1 Å². The second-order valence-corrected chi connectivity index (χ2v) is 11.5. The average Bonchev–Trinajstić information content (AvgIpc) is 2.30.